The van der Waals surface area contributed by atoms with E-state index in [-0.39, 0.29) is 5.69 Å². The van der Waals surface area contributed by atoms with Crippen LogP contribution in [0.5, 0.6) is 0 Å². The van der Waals surface area contributed by atoms with Gasteiger partial charge in [-0.15, -0.1) is 0 Å². The summed E-state index contributed by atoms with van der Waals surface area (Å²) >= 11 is 0. The Labute approximate surface area is 137 Å². The maximum absolute atomic E-state index is 11.2. The topological polar surface area (TPSA) is 81.2 Å². The number of carbonyl (C=O) groups is 1. The van der Waals surface area contributed by atoms with Crippen LogP contribution in [-0.4, -0.2) is 25.8 Å². The van der Waals surface area contributed by atoms with E-state index in [9.17, 15) is 9.90 Å². The molecule has 120 valence electrons. The number of rotatable bonds is 4. The van der Waals surface area contributed by atoms with E-state index < -0.39 is 5.97 Å². The van der Waals surface area contributed by atoms with Crippen LogP contribution in [0.25, 0.3) is 33.1 Å². The lowest BCUT2D eigenvalue weighted by atomic mass is 10.1. The number of aromatic nitrogens is 3. The third kappa shape index (κ3) is 2.15. The molecule has 0 unspecified atom stereocenters. The Morgan fingerprint density at radius 2 is 2.12 bits per heavy atom. The molecule has 0 bridgehead atoms. The SMILES string of the molecule is CCCn1nc(-c2coc3ccccc23)c2cnc(C(=O)O)cc21. The first-order valence-corrected chi connectivity index (χ1v) is 7.75. The largest absolute Gasteiger partial charge is 0.477 e. The molecule has 6 nitrogen and oxygen atoms in total. The van der Waals surface area contributed by atoms with Crippen molar-refractivity contribution < 1.29 is 14.3 Å². The second-order valence-electron chi connectivity index (χ2n) is 5.61. The van der Waals surface area contributed by atoms with Crippen molar-refractivity contribution in [2.24, 2.45) is 0 Å². The smallest absolute Gasteiger partial charge is 0.354 e. The zero-order valence-electron chi connectivity index (χ0n) is 13.1. The molecule has 0 aliphatic heterocycles. The van der Waals surface area contributed by atoms with Gasteiger partial charge in [-0.3, -0.25) is 4.68 Å². The molecule has 0 fully saturated rings. The van der Waals surface area contributed by atoms with Crippen LogP contribution in [0.15, 0.2) is 47.2 Å². The molecule has 0 radical (unpaired) electrons. The van der Waals surface area contributed by atoms with Crippen LogP contribution < -0.4 is 0 Å². The maximum Gasteiger partial charge on any atom is 0.354 e. The van der Waals surface area contributed by atoms with Crippen molar-refractivity contribution in [2.75, 3.05) is 0 Å². The summed E-state index contributed by atoms with van der Waals surface area (Å²) < 4.78 is 7.45. The summed E-state index contributed by atoms with van der Waals surface area (Å²) in [6, 6.07) is 9.34. The summed E-state index contributed by atoms with van der Waals surface area (Å²) in [5.41, 5.74) is 3.22. The average molecular weight is 321 g/mol. The number of aromatic carboxylic acids is 1. The predicted molar refractivity (Wildman–Crippen MR) is 90.0 cm³/mol. The fourth-order valence-electron chi connectivity index (χ4n) is 2.93. The summed E-state index contributed by atoms with van der Waals surface area (Å²) in [7, 11) is 0. The summed E-state index contributed by atoms with van der Waals surface area (Å²) in [5.74, 6) is -1.04. The van der Waals surface area contributed by atoms with Gasteiger partial charge in [-0.05, 0) is 18.6 Å². The Kier molecular flexibility index (Phi) is 3.30. The van der Waals surface area contributed by atoms with E-state index in [1.54, 1.807) is 18.5 Å². The summed E-state index contributed by atoms with van der Waals surface area (Å²) in [5, 5.41) is 15.7. The molecule has 24 heavy (non-hydrogen) atoms. The molecule has 0 atom stereocenters. The number of benzene rings is 1. The molecule has 1 aromatic carbocycles. The summed E-state index contributed by atoms with van der Waals surface area (Å²) in [6.45, 7) is 2.76. The number of hydrogen-bond donors (Lipinski definition) is 1. The second kappa shape index (κ2) is 5.49. The normalized spacial score (nSPS) is 11.4. The average Bonchev–Trinajstić information content (AvgIpc) is 3.16. The molecule has 0 aliphatic carbocycles. The Morgan fingerprint density at radius 3 is 2.92 bits per heavy atom. The van der Waals surface area contributed by atoms with Gasteiger partial charge in [0, 0.05) is 29.1 Å². The number of furan rings is 1. The van der Waals surface area contributed by atoms with Gasteiger partial charge >= 0.3 is 5.97 Å². The fraction of sp³-hybridized carbons (Fsp3) is 0.167. The van der Waals surface area contributed by atoms with E-state index in [1.165, 1.54) is 0 Å². The number of hydrogen-bond acceptors (Lipinski definition) is 4. The van der Waals surface area contributed by atoms with E-state index in [0.29, 0.717) is 6.54 Å². The first-order valence-electron chi connectivity index (χ1n) is 7.75. The van der Waals surface area contributed by atoms with Crippen LogP contribution in [0.4, 0.5) is 0 Å². The highest BCUT2D eigenvalue weighted by Gasteiger charge is 2.18. The van der Waals surface area contributed by atoms with Crippen molar-refractivity contribution in [3.05, 3.63) is 48.5 Å². The Morgan fingerprint density at radius 1 is 1.29 bits per heavy atom. The lowest BCUT2D eigenvalue weighted by molar-refractivity contribution is 0.0690. The highest BCUT2D eigenvalue weighted by molar-refractivity contribution is 6.03. The molecule has 1 N–H and O–H groups in total. The van der Waals surface area contributed by atoms with Crippen molar-refractivity contribution in [1.82, 2.24) is 14.8 Å². The lowest BCUT2D eigenvalue weighted by Gasteiger charge is -2.00. The van der Waals surface area contributed by atoms with Gasteiger partial charge in [0.05, 0.1) is 5.52 Å². The highest BCUT2D eigenvalue weighted by Crippen LogP contribution is 2.34. The van der Waals surface area contributed by atoms with Crippen molar-refractivity contribution in [1.29, 1.82) is 0 Å². The summed E-state index contributed by atoms with van der Waals surface area (Å²) in [6.07, 6.45) is 4.16. The molecule has 4 aromatic rings. The van der Waals surface area contributed by atoms with Crippen molar-refractivity contribution >= 4 is 27.8 Å². The van der Waals surface area contributed by atoms with Crippen LogP contribution in [0, 0.1) is 0 Å². The number of nitrogens with zero attached hydrogens (tertiary/aromatic N) is 3. The molecule has 0 saturated heterocycles. The van der Waals surface area contributed by atoms with E-state index in [4.69, 9.17) is 9.52 Å². The Hall–Kier alpha value is -3.15. The first kappa shape index (κ1) is 14.4. The predicted octanol–water partition coefficient (Wildman–Crippen LogP) is 3.95. The van der Waals surface area contributed by atoms with Gasteiger partial charge in [0.15, 0.2) is 0 Å². The molecule has 0 aliphatic rings. The van der Waals surface area contributed by atoms with Crippen LogP contribution in [0.2, 0.25) is 0 Å². The van der Waals surface area contributed by atoms with Crippen molar-refractivity contribution in [2.45, 2.75) is 19.9 Å². The van der Waals surface area contributed by atoms with Gasteiger partial charge in [-0.2, -0.15) is 5.10 Å². The quantitative estimate of drug-likeness (QED) is 0.615. The van der Waals surface area contributed by atoms with Gasteiger partial charge in [-0.1, -0.05) is 25.1 Å². The molecule has 3 aromatic heterocycles. The fourth-order valence-corrected chi connectivity index (χ4v) is 2.93. The van der Waals surface area contributed by atoms with E-state index in [2.05, 4.69) is 11.9 Å². The second-order valence-corrected chi connectivity index (χ2v) is 5.61. The number of fused-ring (bicyclic) bond motifs is 2. The molecule has 0 saturated carbocycles. The zero-order chi connectivity index (χ0) is 16.7. The monoisotopic (exact) mass is 321 g/mol. The van der Waals surface area contributed by atoms with E-state index >= 15 is 0 Å². The first-order chi connectivity index (χ1) is 11.7. The van der Waals surface area contributed by atoms with Crippen LogP contribution in [-0.2, 0) is 6.54 Å². The lowest BCUT2D eigenvalue weighted by Crippen LogP contribution is -2.02. The van der Waals surface area contributed by atoms with Gasteiger partial charge in [0.1, 0.15) is 23.2 Å². The van der Waals surface area contributed by atoms with E-state index in [0.717, 1.165) is 39.6 Å². The maximum atomic E-state index is 11.2. The highest BCUT2D eigenvalue weighted by atomic mass is 16.4. The molecule has 4 rings (SSSR count). The third-order valence-electron chi connectivity index (χ3n) is 4.03. The van der Waals surface area contributed by atoms with Crippen LogP contribution in [0.1, 0.15) is 23.8 Å². The minimum absolute atomic E-state index is 0.0170. The minimum atomic E-state index is -1.04. The van der Waals surface area contributed by atoms with Gasteiger partial charge in [0.2, 0.25) is 0 Å². The molecule has 0 amide bonds. The van der Waals surface area contributed by atoms with Crippen LogP contribution in [0.3, 0.4) is 0 Å². The number of para-hydroxylation sites is 1. The summed E-state index contributed by atoms with van der Waals surface area (Å²) in [4.78, 5) is 15.3. The number of pyridine rings is 1. The molecule has 6 heteroatoms. The van der Waals surface area contributed by atoms with Crippen molar-refractivity contribution in [3.8, 4) is 11.3 Å². The number of carboxylic acid groups (broad SMARTS) is 1. The number of aryl methyl sites for hydroxylation is 1. The molecular formula is C18H15N3O3. The molecule has 3 heterocycles. The minimum Gasteiger partial charge on any atom is -0.477 e. The van der Waals surface area contributed by atoms with Gasteiger partial charge in [0.25, 0.3) is 0 Å². The standard InChI is InChI=1S/C18H15N3O3/c1-2-7-21-15-8-14(18(22)23)19-9-12(15)17(20-21)13-10-24-16-6-4-3-5-11(13)16/h3-6,8-10H,2,7H2,1H3,(H,22,23). The molecular weight excluding hydrogens is 306 g/mol. The number of carboxylic acids is 1. The Bertz CT molecular complexity index is 1060. The van der Waals surface area contributed by atoms with Gasteiger partial charge < -0.3 is 9.52 Å². The molecule has 0 spiro atoms. The van der Waals surface area contributed by atoms with Crippen molar-refractivity contribution in [3.63, 3.8) is 0 Å². The van der Waals surface area contributed by atoms with Crippen LogP contribution >= 0.6 is 0 Å². The van der Waals surface area contributed by atoms with E-state index in [1.807, 2.05) is 28.9 Å². The zero-order valence-corrected chi connectivity index (χ0v) is 13.1. The van der Waals surface area contributed by atoms with Gasteiger partial charge in [-0.25, -0.2) is 9.78 Å². The Balaban J connectivity index is 2.00. The third-order valence-corrected chi connectivity index (χ3v) is 4.03.